The van der Waals surface area contributed by atoms with Gasteiger partial charge in [-0.05, 0) is 19.1 Å². The number of benzene rings is 1. The zero-order chi connectivity index (χ0) is 10.8. The first-order valence-electron chi connectivity index (χ1n) is 4.65. The number of nitrogens with zero attached hydrogens (tertiary/aromatic N) is 3. The lowest BCUT2D eigenvalue weighted by Gasteiger charge is -2.11. The Morgan fingerprint density at radius 1 is 1.47 bits per heavy atom. The van der Waals surface area contributed by atoms with Crippen molar-refractivity contribution in [2.45, 2.75) is 20.1 Å². The molecule has 78 valence electrons. The van der Waals surface area contributed by atoms with Crippen molar-refractivity contribution in [3.8, 4) is 0 Å². The molecular formula is C10H11N3O2. The number of para-hydroxylation sites is 1. The summed E-state index contributed by atoms with van der Waals surface area (Å²) in [5.41, 5.74) is 1.64. The summed E-state index contributed by atoms with van der Waals surface area (Å²) in [5, 5.41) is 7.91. The molecule has 0 aliphatic carbocycles. The number of rotatable bonds is 2. The number of fused-ring (bicyclic) bond motifs is 1. The fraction of sp³-hybridized carbons (Fsp3) is 0.300. The van der Waals surface area contributed by atoms with E-state index < -0.39 is 6.23 Å². The summed E-state index contributed by atoms with van der Waals surface area (Å²) in [5.74, 6) is -0.331. The van der Waals surface area contributed by atoms with Crippen LogP contribution in [0.4, 0.5) is 0 Å². The summed E-state index contributed by atoms with van der Waals surface area (Å²) in [6.45, 7) is 3.12. The zero-order valence-electron chi connectivity index (χ0n) is 8.54. The smallest absolute Gasteiger partial charge is 0.304 e. The number of esters is 1. The fourth-order valence-electron chi connectivity index (χ4n) is 1.45. The van der Waals surface area contributed by atoms with Gasteiger partial charge in [-0.2, -0.15) is 0 Å². The first-order valence-corrected chi connectivity index (χ1v) is 4.65. The van der Waals surface area contributed by atoms with E-state index in [0.29, 0.717) is 0 Å². The van der Waals surface area contributed by atoms with Crippen molar-refractivity contribution in [1.29, 1.82) is 0 Å². The van der Waals surface area contributed by atoms with Crippen LogP contribution in [0.25, 0.3) is 11.0 Å². The van der Waals surface area contributed by atoms with Crippen LogP contribution in [-0.4, -0.2) is 21.0 Å². The maximum atomic E-state index is 10.8. The van der Waals surface area contributed by atoms with Crippen LogP contribution in [0.2, 0.25) is 0 Å². The van der Waals surface area contributed by atoms with Crippen LogP contribution in [-0.2, 0) is 9.53 Å². The minimum Gasteiger partial charge on any atom is -0.440 e. The minimum absolute atomic E-state index is 0.331. The van der Waals surface area contributed by atoms with Crippen LogP contribution in [0.1, 0.15) is 20.1 Å². The van der Waals surface area contributed by atoms with Crippen molar-refractivity contribution in [3.05, 3.63) is 24.3 Å². The topological polar surface area (TPSA) is 57.0 Å². The zero-order valence-corrected chi connectivity index (χ0v) is 8.54. The summed E-state index contributed by atoms with van der Waals surface area (Å²) in [6.07, 6.45) is -0.435. The Hall–Kier alpha value is -1.91. The third-order valence-corrected chi connectivity index (χ3v) is 2.06. The molecule has 1 atom stereocenters. The van der Waals surface area contributed by atoms with E-state index in [4.69, 9.17) is 4.74 Å². The van der Waals surface area contributed by atoms with Crippen molar-refractivity contribution >= 4 is 17.0 Å². The van der Waals surface area contributed by atoms with Crippen molar-refractivity contribution < 1.29 is 9.53 Å². The Morgan fingerprint density at radius 2 is 2.20 bits per heavy atom. The molecule has 0 saturated heterocycles. The molecule has 2 aromatic rings. The van der Waals surface area contributed by atoms with Crippen LogP contribution < -0.4 is 0 Å². The van der Waals surface area contributed by atoms with Gasteiger partial charge in [0.1, 0.15) is 5.52 Å². The highest BCUT2D eigenvalue weighted by Crippen LogP contribution is 2.15. The van der Waals surface area contributed by atoms with Gasteiger partial charge in [0.05, 0.1) is 5.52 Å². The number of carbonyl (C=O) groups is 1. The standard InChI is InChI=1S/C10H11N3O2/c1-7(15-8(2)14)13-10-6-4-3-5-9(10)11-12-13/h3-7H,1-2H3. The molecule has 1 aromatic heterocycles. The third-order valence-electron chi connectivity index (χ3n) is 2.06. The number of carbonyl (C=O) groups excluding carboxylic acids is 1. The fourth-order valence-corrected chi connectivity index (χ4v) is 1.45. The van der Waals surface area contributed by atoms with Gasteiger partial charge in [-0.3, -0.25) is 4.79 Å². The molecule has 2 rings (SSSR count). The van der Waals surface area contributed by atoms with Crippen LogP contribution in [0.15, 0.2) is 24.3 Å². The summed E-state index contributed by atoms with van der Waals surface area (Å²) < 4.78 is 6.60. The summed E-state index contributed by atoms with van der Waals surface area (Å²) in [4.78, 5) is 10.8. The largest absolute Gasteiger partial charge is 0.440 e. The predicted octanol–water partition coefficient (Wildman–Crippen LogP) is 1.51. The monoisotopic (exact) mass is 205 g/mol. The molecule has 0 bridgehead atoms. The van der Waals surface area contributed by atoms with Crippen molar-refractivity contribution in [2.75, 3.05) is 0 Å². The van der Waals surface area contributed by atoms with E-state index in [1.165, 1.54) is 6.92 Å². The number of hydrogen-bond donors (Lipinski definition) is 0. The maximum absolute atomic E-state index is 10.8. The third kappa shape index (κ3) is 1.81. The van der Waals surface area contributed by atoms with Crippen molar-refractivity contribution in [2.24, 2.45) is 0 Å². The van der Waals surface area contributed by atoms with Gasteiger partial charge in [-0.1, -0.05) is 17.3 Å². The number of ether oxygens (including phenoxy) is 1. The van der Waals surface area contributed by atoms with Gasteiger partial charge < -0.3 is 4.74 Å². The van der Waals surface area contributed by atoms with E-state index in [1.807, 2.05) is 24.3 Å². The first-order chi connectivity index (χ1) is 7.18. The van der Waals surface area contributed by atoms with E-state index in [-0.39, 0.29) is 5.97 Å². The van der Waals surface area contributed by atoms with Gasteiger partial charge in [-0.25, -0.2) is 4.68 Å². The number of aromatic nitrogens is 3. The molecule has 1 heterocycles. The van der Waals surface area contributed by atoms with Crippen LogP contribution in [0.3, 0.4) is 0 Å². The van der Waals surface area contributed by atoms with Gasteiger partial charge >= 0.3 is 5.97 Å². The molecule has 5 heteroatoms. The van der Waals surface area contributed by atoms with Gasteiger partial charge in [0.25, 0.3) is 0 Å². The highest BCUT2D eigenvalue weighted by atomic mass is 16.6. The van der Waals surface area contributed by atoms with Crippen LogP contribution >= 0.6 is 0 Å². The van der Waals surface area contributed by atoms with Gasteiger partial charge in [0.15, 0.2) is 6.23 Å². The molecule has 1 unspecified atom stereocenters. The Bertz CT molecular complexity index is 492. The predicted molar refractivity (Wildman–Crippen MR) is 54.0 cm³/mol. The molecule has 0 fully saturated rings. The summed E-state index contributed by atoms with van der Waals surface area (Å²) in [7, 11) is 0. The summed E-state index contributed by atoms with van der Waals surface area (Å²) in [6, 6.07) is 7.52. The quantitative estimate of drug-likeness (QED) is 0.697. The molecule has 0 aliphatic rings. The van der Waals surface area contributed by atoms with Gasteiger partial charge in [-0.15, -0.1) is 5.10 Å². The lowest BCUT2D eigenvalue weighted by Crippen LogP contribution is -2.13. The highest BCUT2D eigenvalue weighted by molar-refractivity contribution is 5.74. The van der Waals surface area contributed by atoms with Crippen LogP contribution in [0.5, 0.6) is 0 Å². The second-order valence-corrected chi connectivity index (χ2v) is 3.23. The van der Waals surface area contributed by atoms with E-state index in [9.17, 15) is 4.79 Å². The molecule has 5 nitrogen and oxygen atoms in total. The lowest BCUT2D eigenvalue weighted by atomic mass is 10.3. The Labute approximate surface area is 86.6 Å². The SMILES string of the molecule is CC(=O)OC(C)n1nnc2ccccc21. The molecule has 0 amide bonds. The van der Waals surface area contributed by atoms with E-state index >= 15 is 0 Å². The molecule has 1 aromatic carbocycles. The maximum Gasteiger partial charge on any atom is 0.304 e. The van der Waals surface area contributed by atoms with E-state index in [0.717, 1.165) is 11.0 Å². The second-order valence-electron chi connectivity index (χ2n) is 3.23. The van der Waals surface area contributed by atoms with E-state index in [2.05, 4.69) is 10.3 Å². The molecule has 15 heavy (non-hydrogen) atoms. The number of hydrogen-bond acceptors (Lipinski definition) is 4. The first kappa shape index (κ1) is 9.64. The average Bonchev–Trinajstić information content (AvgIpc) is 2.59. The summed E-state index contributed by atoms with van der Waals surface area (Å²) >= 11 is 0. The molecule has 0 radical (unpaired) electrons. The van der Waals surface area contributed by atoms with Crippen molar-refractivity contribution in [3.63, 3.8) is 0 Å². The molecule has 0 saturated carbocycles. The Morgan fingerprint density at radius 3 is 2.93 bits per heavy atom. The van der Waals surface area contributed by atoms with E-state index in [1.54, 1.807) is 11.6 Å². The van der Waals surface area contributed by atoms with Gasteiger partial charge in [0, 0.05) is 6.92 Å². The highest BCUT2D eigenvalue weighted by Gasteiger charge is 2.12. The second kappa shape index (κ2) is 3.68. The lowest BCUT2D eigenvalue weighted by molar-refractivity contribution is -0.150. The molecule has 0 spiro atoms. The van der Waals surface area contributed by atoms with Gasteiger partial charge in [0.2, 0.25) is 0 Å². The molecular weight excluding hydrogens is 194 g/mol. The molecule has 0 aliphatic heterocycles. The Kier molecular flexibility index (Phi) is 2.37. The Balaban J connectivity index is 2.39. The normalized spacial score (nSPS) is 12.7. The minimum atomic E-state index is -0.435. The average molecular weight is 205 g/mol. The van der Waals surface area contributed by atoms with Crippen molar-refractivity contribution in [1.82, 2.24) is 15.0 Å². The van der Waals surface area contributed by atoms with Crippen LogP contribution in [0, 0.1) is 0 Å². The molecule has 0 N–H and O–H groups in total.